The first-order chi connectivity index (χ1) is 13.5. The zero-order valence-electron chi connectivity index (χ0n) is 15.4. The maximum Gasteiger partial charge on any atom is 0.306 e. The molecule has 0 fully saturated rings. The highest BCUT2D eigenvalue weighted by Crippen LogP contribution is 2.22. The van der Waals surface area contributed by atoms with E-state index >= 15 is 0 Å². The molecular formula is C20H21ClN2O5. The van der Waals surface area contributed by atoms with Crippen LogP contribution in [0.1, 0.15) is 19.3 Å². The van der Waals surface area contributed by atoms with Crippen LogP contribution in [0.4, 0.5) is 11.4 Å². The van der Waals surface area contributed by atoms with Crippen molar-refractivity contribution < 1.29 is 23.9 Å². The fourth-order valence-corrected chi connectivity index (χ4v) is 2.43. The number of halogens is 1. The van der Waals surface area contributed by atoms with Crippen LogP contribution < -0.4 is 15.4 Å². The minimum absolute atomic E-state index is 0.0377. The highest BCUT2D eigenvalue weighted by atomic mass is 35.5. The van der Waals surface area contributed by atoms with Gasteiger partial charge in [0, 0.05) is 23.6 Å². The van der Waals surface area contributed by atoms with Gasteiger partial charge in [0.15, 0.2) is 6.61 Å². The van der Waals surface area contributed by atoms with Crippen LogP contribution in [-0.2, 0) is 19.1 Å². The molecule has 2 amide bonds. The number of carbonyl (C=O) groups excluding carboxylic acids is 3. The number of hydrogen-bond acceptors (Lipinski definition) is 5. The molecule has 148 valence electrons. The van der Waals surface area contributed by atoms with Gasteiger partial charge in [0.05, 0.1) is 12.8 Å². The van der Waals surface area contributed by atoms with Crippen LogP contribution >= 0.6 is 11.6 Å². The topological polar surface area (TPSA) is 93.7 Å². The largest absolute Gasteiger partial charge is 0.495 e. The van der Waals surface area contributed by atoms with E-state index in [1.54, 1.807) is 48.5 Å². The molecule has 28 heavy (non-hydrogen) atoms. The number of carbonyl (C=O) groups is 3. The van der Waals surface area contributed by atoms with Crippen molar-refractivity contribution in [3.63, 3.8) is 0 Å². The monoisotopic (exact) mass is 404 g/mol. The zero-order valence-corrected chi connectivity index (χ0v) is 16.1. The third-order valence-corrected chi connectivity index (χ3v) is 3.91. The van der Waals surface area contributed by atoms with Gasteiger partial charge < -0.3 is 20.1 Å². The molecule has 2 rings (SSSR count). The van der Waals surface area contributed by atoms with Crippen molar-refractivity contribution in [2.75, 3.05) is 24.4 Å². The molecule has 2 aromatic carbocycles. The number of amides is 2. The lowest BCUT2D eigenvalue weighted by Crippen LogP contribution is -2.21. The van der Waals surface area contributed by atoms with Crippen LogP contribution in [-0.4, -0.2) is 31.5 Å². The molecule has 8 heteroatoms. The van der Waals surface area contributed by atoms with E-state index in [0.29, 0.717) is 28.6 Å². The molecule has 0 aromatic heterocycles. The minimum Gasteiger partial charge on any atom is -0.495 e. The molecule has 0 bridgehead atoms. The van der Waals surface area contributed by atoms with Gasteiger partial charge in [0.2, 0.25) is 5.91 Å². The second kappa shape index (κ2) is 10.9. The Labute approximate surface area is 168 Å². The molecule has 0 saturated heterocycles. The van der Waals surface area contributed by atoms with Crippen LogP contribution in [0.5, 0.6) is 5.75 Å². The van der Waals surface area contributed by atoms with Crippen LogP contribution in [0.2, 0.25) is 5.02 Å². The van der Waals surface area contributed by atoms with E-state index < -0.39 is 18.5 Å². The fourth-order valence-electron chi connectivity index (χ4n) is 2.30. The highest BCUT2D eigenvalue weighted by Gasteiger charge is 2.11. The SMILES string of the molecule is COc1ccccc1NC(=O)COC(=O)CCCC(=O)Nc1ccc(Cl)cc1. The van der Waals surface area contributed by atoms with Crippen LogP contribution in [0.3, 0.4) is 0 Å². The quantitative estimate of drug-likeness (QED) is 0.622. The fraction of sp³-hybridized carbons (Fsp3) is 0.250. The summed E-state index contributed by atoms with van der Waals surface area (Å²) in [6.07, 6.45) is 0.507. The Hall–Kier alpha value is -3.06. The number of esters is 1. The van der Waals surface area contributed by atoms with Gasteiger partial charge in [0.25, 0.3) is 5.91 Å². The van der Waals surface area contributed by atoms with Crippen LogP contribution in [0, 0.1) is 0 Å². The van der Waals surface area contributed by atoms with Gasteiger partial charge in [-0.15, -0.1) is 0 Å². The van der Waals surface area contributed by atoms with Crippen molar-refractivity contribution in [2.24, 2.45) is 0 Å². The van der Waals surface area contributed by atoms with E-state index in [-0.39, 0.29) is 18.7 Å². The number of hydrogen-bond donors (Lipinski definition) is 2. The van der Waals surface area contributed by atoms with Crippen LogP contribution in [0.15, 0.2) is 48.5 Å². The summed E-state index contributed by atoms with van der Waals surface area (Å²) in [4.78, 5) is 35.4. The third-order valence-electron chi connectivity index (χ3n) is 3.66. The van der Waals surface area contributed by atoms with Gasteiger partial charge in [-0.2, -0.15) is 0 Å². The molecule has 0 saturated carbocycles. The molecule has 0 aliphatic heterocycles. The van der Waals surface area contributed by atoms with Crippen molar-refractivity contribution in [2.45, 2.75) is 19.3 Å². The summed E-state index contributed by atoms with van der Waals surface area (Å²) in [5.74, 6) is -0.731. The lowest BCUT2D eigenvalue weighted by molar-refractivity contribution is -0.147. The minimum atomic E-state index is -0.547. The van der Waals surface area contributed by atoms with E-state index in [1.807, 2.05) is 0 Å². The standard InChI is InChI=1S/C20H21ClN2O5/c1-27-17-6-3-2-5-16(17)23-19(25)13-28-20(26)8-4-7-18(24)22-15-11-9-14(21)10-12-15/h2-3,5-6,9-12H,4,7-8,13H2,1H3,(H,22,24)(H,23,25). The van der Waals surface area contributed by atoms with Crippen molar-refractivity contribution in [3.05, 3.63) is 53.6 Å². The molecular weight excluding hydrogens is 384 g/mol. The molecule has 0 aliphatic carbocycles. The predicted molar refractivity (Wildman–Crippen MR) is 107 cm³/mol. The zero-order chi connectivity index (χ0) is 20.4. The Kier molecular flexibility index (Phi) is 8.30. The molecule has 7 nitrogen and oxygen atoms in total. The summed E-state index contributed by atoms with van der Waals surface area (Å²) in [7, 11) is 1.49. The molecule has 2 aromatic rings. The lowest BCUT2D eigenvalue weighted by atomic mass is 10.2. The van der Waals surface area contributed by atoms with Crippen molar-refractivity contribution in [1.29, 1.82) is 0 Å². The molecule has 2 N–H and O–H groups in total. The number of methoxy groups -OCH3 is 1. The van der Waals surface area contributed by atoms with Crippen molar-refractivity contribution in [1.82, 2.24) is 0 Å². The van der Waals surface area contributed by atoms with Crippen molar-refractivity contribution >= 4 is 40.8 Å². The lowest BCUT2D eigenvalue weighted by Gasteiger charge is -2.10. The van der Waals surface area contributed by atoms with Gasteiger partial charge in [-0.1, -0.05) is 23.7 Å². The summed E-state index contributed by atoms with van der Waals surface area (Å²) >= 11 is 5.78. The maximum absolute atomic E-state index is 11.9. The summed E-state index contributed by atoms with van der Waals surface area (Å²) < 4.78 is 10.1. The molecule has 0 atom stereocenters. The second-order valence-corrected chi connectivity index (χ2v) is 6.25. The Morgan fingerprint density at radius 1 is 0.929 bits per heavy atom. The normalized spacial score (nSPS) is 10.1. The molecule has 0 aliphatic rings. The average molecular weight is 405 g/mol. The van der Waals surface area contributed by atoms with Gasteiger partial charge in [-0.05, 0) is 42.8 Å². The van der Waals surface area contributed by atoms with E-state index in [2.05, 4.69) is 10.6 Å². The second-order valence-electron chi connectivity index (χ2n) is 5.82. The van der Waals surface area contributed by atoms with E-state index in [4.69, 9.17) is 21.1 Å². The Bertz CT molecular complexity index is 824. The predicted octanol–water partition coefficient (Wildman–Crippen LogP) is 3.64. The van der Waals surface area contributed by atoms with Crippen molar-refractivity contribution in [3.8, 4) is 5.75 Å². The smallest absolute Gasteiger partial charge is 0.306 e. The number of anilines is 2. The summed E-state index contributed by atoms with van der Waals surface area (Å²) in [6, 6.07) is 13.6. The third kappa shape index (κ3) is 7.28. The van der Waals surface area contributed by atoms with E-state index in [0.717, 1.165) is 0 Å². The maximum atomic E-state index is 11.9. The first-order valence-electron chi connectivity index (χ1n) is 8.62. The molecule has 0 radical (unpaired) electrons. The Balaban J connectivity index is 1.64. The Morgan fingerprint density at radius 2 is 1.64 bits per heavy atom. The molecule has 0 heterocycles. The van der Waals surface area contributed by atoms with E-state index in [1.165, 1.54) is 7.11 Å². The van der Waals surface area contributed by atoms with Crippen LogP contribution in [0.25, 0.3) is 0 Å². The van der Waals surface area contributed by atoms with Gasteiger partial charge in [-0.25, -0.2) is 0 Å². The average Bonchev–Trinajstić information content (AvgIpc) is 2.68. The van der Waals surface area contributed by atoms with Gasteiger partial charge >= 0.3 is 5.97 Å². The number of nitrogens with one attached hydrogen (secondary N) is 2. The summed E-state index contributed by atoms with van der Waals surface area (Å²) in [5.41, 5.74) is 1.12. The number of rotatable bonds is 9. The summed E-state index contributed by atoms with van der Waals surface area (Å²) in [6.45, 7) is -0.409. The number of para-hydroxylation sites is 2. The molecule has 0 spiro atoms. The Morgan fingerprint density at radius 3 is 2.36 bits per heavy atom. The van der Waals surface area contributed by atoms with E-state index in [9.17, 15) is 14.4 Å². The van der Waals surface area contributed by atoms with Gasteiger partial charge in [0.1, 0.15) is 5.75 Å². The first kappa shape index (κ1) is 21.2. The number of benzene rings is 2. The molecule has 0 unspecified atom stereocenters. The summed E-state index contributed by atoms with van der Waals surface area (Å²) in [5, 5.41) is 5.89. The number of ether oxygens (including phenoxy) is 2. The first-order valence-corrected chi connectivity index (χ1v) is 8.99. The highest BCUT2D eigenvalue weighted by molar-refractivity contribution is 6.30. The van der Waals surface area contributed by atoms with Gasteiger partial charge in [-0.3, -0.25) is 14.4 Å².